The number of aromatic nitrogens is 2. The number of carbonyl (C=O) groups excluding carboxylic acids is 2. The van der Waals surface area contributed by atoms with Crippen LogP contribution in [0.2, 0.25) is 5.02 Å². The maximum absolute atomic E-state index is 13.8. The van der Waals surface area contributed by atoms with Crippen LogP contribution in [0.4, 0.5) is 18.9 Å². The molecule has 0 aliphatic rings. The van der Waals surface area contributed by atoms with Crippen molar-refractivity contribution in [3.8, 4) is 5.69 Å². The van der Waals surface area contributed by atoms with Gasteiger partial charge in [0.25, 0.3) is 5.91 Å². The van der Waals surface area contributed by atoms with Gasteiger partial charge in [-0.3, -0.25) is 9.59 Å². The number of benzene rings is 2. The highest BCUT2D eigenvalue weighted by atomic mass is 35.5. The summed E-state index contributed by atoms with van der Waals surface area (Å²) >= 11 is 5.98. The van der Waals surface area contributed by atoms with Crippen molar-refractivity contribution in [2.24, 2.45) is 0 Å². The van der Waals surface area contributed by atoms with E-state index in [1.807, 2.05) is 6.92 Å². The van der Waals surface area contributed by atoms with Gasteiger partial charge in [-0.1, -0.05) is 24.6 Å². The summed E-state index contributed by atoms with van der Waals surface area (Å²) in [5, 5.41) is 6.90. The molecule has 0 radical (unpaired) electrons. The first-order chi connectivity index (χ1) is 14.8. The Hall–Kier alpha value is -3.33. The Balaban J connectivity index is 1.74. The Morgan fingerprint density at radius 3 is 2.61 bits per heavy atom. The van der Waals surface area contributed by atoms with E-state index in [2.05, 4.69) is 10.4 Å². The van der Waals surface area contributed by atoms with Crippen LogP contribution in [-0.2, 0) is 4.79 Å². The first kappa shape index (κ1) is 22.4. The molecule has 162 valence electrons. The van der Waals surface area contributed by atoms with Crippen LogP contribution in [0.25, 0.3) is 5.69 Å². The Morgan fingerprint density at radius 2 is 1.90 bits per heavy atom. The zero-order valence-corrected chi connectivity index (χ0v) is 17.2. The quantitative estimate of drug-likeness (QED) is 0.541. The summed E-state index contributed by atoms with van der Waals surface area (Å²) in [7, 11) is 0. The Kier molecular flexibility index (Phi) is 6.96. The number of nitrogens with one attached hydrogen (secondary N) is 1. The Bertz CT molecular complexity index is 1120. The number of hydrogen-bond acceptors (Lipinski definition) is 3. The zero-order chi connectivity index (χ0) is 22.5. The SMILES string of the molecule is CCCN(CC(=O)Nc1ccc(F)c(F)c1F)C(=O)c1ccn(-c2cccc(Cl)c2)n1. The van der Waals surface area contributed by atoms with Gasteiger partial charge in [0.2, 0.25) is 5.91 Å². The lowest BCUT2D eigenvalue weighted by Crippen LogP contribution is -2.39. The fraction of sp³-hybridized carbons (Fsp3) is 0.190. The topological polar surface area (TPSA) is 67.2 Å². The molecule has 10 heteroatoms. The van der Waals surface area contributed by atoms with E-state index in [0.29, 0.717) is 23.2 Å². The lowest BCUT2D eigenvalue weighted by atomic mass is 10.2. The number of amides is 2. The highest BCUT2D eigenvalue weighted by Crippen LogP contribution is 2.20. The van der Waals surface area contributed by atoms with Crippen molar-refractivity contribution in [1.82, 2.24) is 14.7 Å². The first-order valence-electron chi connectivity index (χ1n) is 9.34. The van der Waals surface area contributed by atoms with E-state index >= 15 is 0 Å². The van der Waals surface area contributed by atoms with E-state index in [1.54, 1.807) is 30.5 Å². The summed E-state index contributed by atoms with van der Waals surface area (Å²) in [6, 6.07) is 10.00. The molecule has 1 aromatic heterocycles. The van der Waals surface area contributed by atoms with Gasteiger partial charge in [-0.15, -0.1) is 0 Å². The van der Waals surface area contributed by atoms with Crippen molar-refractivity contribution in [1.29, 1.82) is 0 Å². The summed E-state index contributed by atoms with van der Waals surface area (Å²) in [6.45, 7) is 1.63. The maximum atomic E-state index is 13.8. The molecule has 2 amide bonds. The van der Waals surface area contributed by atoms with E-state index in [1.165, 1.54) is 15.6 Å². The number of nitrogens with zero attached hydrogens (tertiary/aromatic N) is 3. The van der Waals surface area contributed by atoms with Crippen LogP contribution >= 0.6 is 11.6 Å². The van der Waals surface area contributed by atoms with Crippen molar-refractivity contribution in [2.45, 2.75) is 13.3 Å². The number of rotatable bonds is 7. The molecule has 0 saturated heterocycles. The van der Waals surface area contributed by atoms with Gasteiger partial charge >= 0.3 is 0 Å². The molecule has 0 atom stereocenters. The third kappa shape index (κ3) is 5.24. The third-order valence-corrected chi connectivity index (χ3v) is 4.54. The van der Waals surface area contributed by atoms with Crippen molar-refractivity contribution in [3.05, 3.63) is 76.8 Å². The monoisotopic (exact) mass is 450 g/mol. The third-order valence-electron chi connectivity index (χ3n) is 4.31. The van der Waals surface area contributed by atoms with Crippen LogP contribution < -0.4 is 5.32 Å². The van der Waals surface area contributed by atoms with E-state index in [-0.39, 0.29) is 12.2 Å². The van der Waals surface area contributed by atoms with Crippen LogP contribution in [0.1, 0.15) is 23.8 Å². The number of hydrogen-bond donors (Lipinski definition) is 1. The van der Waals surface area contributed by atoms with E-state index in [9.17, 15) is 22.8 Å². The summed E-state index contributed by atoms with van der Waals surface area (Å²) < 4.78 is 41.7. The predicted octanol–water partition coefficient (Wildman–Crippen LogP) is 4.43. The fourth-order valence-electron chi connectivity index (χ4n) is 2.87. The molecule has 2 aromatic carbocycles. The van der Waals surface area contributed by atoms with Crippen molar-refractivity contribution >= 4 is 29.1 Å². The van der Waals surface area contributed by atoms with Gasteiger partial charge < -0.3 is 10.2 Å². The van der Waals surface area contributed by atoms with Crippen molar-refractivity contribution in [3.63, 3.8) is 0 Å². The highest BCUT2D eigenvalue weighted by molar-refractivity contribution is 6.30. The second-order valence-electron chi connectivity index (χ2n) is 6.62. The number of halogens is 4. The minimum absolute atomic E-state index is 0.0974. The standard InChI is InChI=1S/C21H18ClF3N4O2/c1-2-9-28(12-18(30)26-16-7-6-15(23)19(24)20(16)25)21(31)17-8-10-29(27-17)14-5-3-4-13(22)11-14/h3-8,10-11H,2,9,12H2,1H3,(H,26,30). The second-order valence-corrected chi connectivity index (χ2v) is 7.06. The summed E-state index contributed by atoms with van der Waals surface area (Å²) in [5.74, 6) is -5.84. The molecule has 1 heterocycles. The van der Waals surface area contributed by atoms with Gasteiger partial charge in [-0.2, -0.15) is 5.10 Å². The van der Waals surface area contributed by atoms with Crippen LogP contribution in [0.3, 0.4) is 0 Å². The zero-order valence-electron chi connectivity index (χ0n) is 16.4. The minimum atomic E-state index is -1.69. The van der Waals surface area contributed by atoms with Gasteiger partial charge in [0.05, 0.1) is 11.4 Å². The average molecular weight is 451 g/mol. The van der Waals surface area contributed by atoms with Gasteiger partial charge in [0.1, 0.15) is 6.54 Å². The molecule has 3 rings (SSSR count). The van der Waals surface area contributed by atoms with Crippen molar-refractivity contribution in [2.75, 3.05) is 18.4 Å². The van der Waals surface area contributed by atoms with E-state index in [0.717, 1.165) is 6.07 Å². The lowest BCUT2D eigenvalue weighted by molar-refractivity contribution is -0.116. The minimum Gasteiger partial charge on any atom is -0.328 e. The lowest BCUT2D eigenvalue weighted by Gasteiger charge is -2.20. The van der Waals surface area contributed by atoms with Gasteiger partial charge in [0, 0.05) is 17.8 Å². The average Bonchev–Trinajstić information content (AvgIpc) is 3.24. The highest BCUT2D eigenvalue weighted by Gasteiger charge is 2.22. The molecule has 0 aliphatic heterocycles. The van der Waals surface area contributed by atoms with Gasteiger partial charge in [-0.25, -0.2) is 17.9 Å². The summed E-state index contributed by atoms with van der Waals surface area (Å²) in [5.41, 5.74) is 0.235. The largest absolute Gasteiger partial charge is 0.328 e. The molecule has 1 N–H and O–H groups in total. The van der Waals surface area contributed by atoms with Crippen LogP contribution in [-0.4, -0.2) is 39.6 Å². The number of carbonyl (C=O) groups is 2. The first-order valence-corrected chi connectivity index (χ1v) is 9.72. The molecular weight excluding hydrogens is 433 g/mol. The van der Waals surface area contributed by atoms with E-state index in [4.69, 9.17) is 11.6 Å². The molecule has 0 fully saturated rings. The van der Waals surface area contributed by atoms with Crippen LogP contribution in [0.5, 0.6) is 0 Å². The molecule has 31 heavy (non-hydrogen) atoms. The van der Waals surface area contributed by atoms with Crippen LogP contribution in [0.15, 0.2) is 48.7 Å². The Morgan fingerprint density at radius 1 is 1.13 bits per heavy atom. The maximum Gasteiger partial charge on any atom is 0.274 e. The molecule has 0 saturated carbocycles. The van der Waals surface area contributed by atoms with Gasteiger partial charge in [0.15, 0.2) is 23.1 Å². The molecule has 0 aliphatic carbocycles. The molecule has 0 spiro atoms. The molecule has 0 bridgehead atoms. The molecule has 0 unspecified atom stereocenters. The molecule has 3 aromatic rings. The Labute approximate surface area is 181 Å². The van der Waals surface area contributed by atoms with Crippen molar-refractivity contribution < 1.29 is 22.8 Å². The fourth-order valence-corrected chi connectivity index (χ4v) is 3.05. The van der Waals surface area contributed by atoms with E-state index < -0.39 is 41.5 Å². The molecule has 6 nitrogen and oxygen atoms in total. The van der Waals surface area contributed by atoms with Gasteiger partial charge in [-0.05, 0) is 42.8 Å². The summed E-state index contributed by atoms with van der Waals surface area (Å²) in [6.07, 6.45) is 2.13. The normalized spacial score (nSPS) is 10.7. The summed E-state index contributed by atoms with van der Waals surface area (Å²) in [4.78, 5) is 26.4. The smallest absolute Gasteiger partial charge is 0.274 e. The molecular formula is C21H18ClF3N4O2. The second kappa shape index (κ2) is 9.65. The predicted molar refractivity (Wildman–Crippen MR) is 110 cm³/mol. The number of anilines is 1. The van der Waals surface area contributed by atoms with Crippen LogP contribution in [0, 0.1) is 17.5 Å².